The van der Waals surface area contributed by atoms with E-state index >= 15 is 0 Å². The normalized spacial score (nSPS) is 17.3. The van der Waals surface area contributed by atoms with Crippen LogP contribution in [0.4, 0.5) is 9.93 Å². The van der Waals surface area contributed by atoms with Gasteiger partial charge in [-0.25, -0.2) is 19.5 Å². The number of anilines is 1. The highest BCUT2D eigenvalue weighted by Gasteiger charge is 2.45. The first-order valence-corrected chi connectivity index (χ1v) is 9.84. The van der Waals surface area contributed by atoms with E-state index in [0.717, 1.165) is 16.2 Å². The van der Waals surface area contributed by atoms with E-state index in [4.69, 9.17) is 5.11 Å². The zero-order valence-corrected chi connectivity index (χ0v) is 16.6. The smallest absolute Gasteiger partial charge is 0.355 e. The summed E-state index contributed by atoms with van der Waals surface area (Å²) >= 11 is 0.956. The number of carboxylic acids is 1. The van der Waals surface area contributed by atoms with Gasteiger partial charge in [0.05, 0.1) is 0 Å². The lowest BCUT2D eigenvalue weighted by atomic mass is 10.0. The number of carbonyl (C=O) groups is 4. The highest BCUT2D eigenvalue weighted by Crippen LogP contribution is 2.27. The zero-order chi connectivity index (χ0) is 21.1. The number of carboxylic acid groups (broad SMARTS) is 1. The van der Waals surface area contributed by atoms with Crippen LogP contribution in [0.3, 0.4) is 0 Å². The Balaban J connectivity index is 1.83. The summed E-state index contributed by atoms with van der Waals surface area (Å²) in [6.45, 7) is 3.75. The second kappa shape index (κ2) is 8.39. The predicted molar refractivity (Wildman–Crippen MR) is 106 cm³/mol. The summed E-state index contributed by atoms with van der Waals surface area (Å²) in [5, 5.41) is 15.5. The molecule has 1 aliphatic rings. The van der Waals surface area contributed by atoms with Crippen LogP contribution in [0.25, 0.3) is 0 Å². The number of carbonyl (C=O) groups excluding carboxylic acids is 3. The molecule has 0 unspecified atom stereocenters. The minimum Gasteiger partial charge on any atom is -0.476 e. The minimum atomic E-state index is -1.21. The molecular formula is C19H20N4O5S. The lowest BCUT2D eigenvalue weighted by Gasteiger charge is -2.25. The van der Waals surface area contributed by atoms with Crippen molar-refractivity contribution in [3.63, 3.8) is 0 Å². The lowest BCUT2D eigenvalue weighted by molar-refractivity contribution is -0.134. The number of amides is 4. The van der Waals surface area contributed by atoms with E-state index < -0.39 is 35.9 Å². The van der Waals surface area contributed by atoms with Gasteiger partial charge in [0.25, 0.3) is 5.91 Å². The fourth-order valence-corrected chi connectivity index (χ4v) is 3.74. The summed E-state index contributed by atoms with van der Waals surface area (Å²) in [7, 11) is 0. The Kier molecular flexibility index (Phi) is 5.92. The second-order valence-corrected chi connectivity index (χ2v) is 7.84. The Bertz CT molecular complexity index is 943. The number of urea groups is 1. The molecule has 0 saturated carbocycles. The van der Waals surface area contributed by atoms with Crippen LogP contribution in [0.1, 0.15) is 42.4 Å². The van der Waals surface area contributed by atoms with Crippen LogP contribution >= 0.6 is 11.3 Å². The molecule has 1 fully saturated rings. The third-order valence-corrected chi connectivity index (χ3v) is 5.12. The SMILES string of the molecule is CC(C)C[C@@H](C(=O)Nc1nc(C(=O)O)cs1)N1C(=O)N[C@@H](c2ccccc2)C1=O. The summed E-state index contributed by atoms with van der Waals surface area (Å²) in [6.07, 6.45) is 0.254. The van der Waals surface area contributed by atoms with Crippen LogP contribution in [0, 0.1) is 5.92 Å². The van der Waals surface area contributed by atoms with Crippen LogP contribution in [0.2, 0.25) is 0 Å². The molecule has 0 radical (unpaired) electrons. The van der Waals surface area contributed by atoms with Gasteiger partial charge in [0.1, 0.15) is 12.1 Å². The van der Waals surface area contributed by atoms with Gasteiger partial charge in [-0.05, 0) is 17.9 Å². The Labute approximate surface area is 170 Å². The number of nitrogens with zero attached hydrogens (tertiary/aromatic N) is 2. The lowest BCUT2D eigenvalue weighted by Crippen LogP contribution is -2.48. The Hall–Kier alpha value is -3.27. The van der Waals surface area contributed by atoms with Crippen molar-refractivity contribution in [3.8, 4) is 0 Å². The van der Waals surface area contributed by atoms with E-state index in [0.29, 0.717) is 5.56 Å². The molecule has 0 aliphatic carbocycles. The highest BCUT2D eigenvalue weighted by atomic mass is 32.1. The van der Waals surface area contributed by atoms with Gasteiger partial charge in [0.2, 0.25) is 5.91 Å². The molecule has 2 aromatic rings. The maximum Gasteiger partial charge on any atom is 0.355 e. The largest absolute Gasteiger partial charge is 0.476 e. The van der Waals surface area contributed by atoms with E-state index in [9.17, 15) is 19.2 Å². The average molecular weight is 416 g/mol. The molecule has 29 heavy (non-hydrogen) atoms. The third-order valence-electron chi connectivity index (χ3n) is 4.37. The first-order chi connectivity index (χ1) is 13.8. The van der Waals surface area contributed by atoms with Crippen molar-refractivity contribution in [2.24, 2.45) is 5.92 Å². The molecule has 0 spiro atoms. The minimum absolute atomic E-state index is 0.0213. The molecule has 2 heterocycles. The fourth-order valence-electron chi connectivity index (χ4n) is 3.05. The molecule has 152 valence electrons. The van der Waals surface area contributed by atoms with Gasteiger partial charge in [0.15, 0.2) is 10.8 Å². The molecule has 1 aromatic carbocycles. The van der Waals surface area contributed by atoms with Crippen LogP contribution in [0.15, 0.2) is 35.7 Å². The van der Waals surface area contributed by atoms with Gasteiger partial charge in [-0.2, -0.15) is 0 Å². The Morgan fingerprint density at radius 1 is 1.28 bits per heavy atom. The third kappa shape index (κ3) is 4.43. The van der Waals surface area contributed by atoms with E-state index in [1.54, 1.807) is 30.3 Å². The number of nitrogens with one attached hydrogen (secondary N) is 2. The number of rotatable bonds is 7. The number of hydrogen-bond donors (Lipinski definition) is 3. The number of imide groups is 1. The van der Waals surface area contributed by atoms with Gasteiger partial charge in [-0.3, -0.25) is 9.59 Å². The van der Waals surface area contributed by atoms with Gasteiger partial charge in [0, 0.05) is 5.38 Å². The Morgan fingerprint density at radius 3 is 2.55 bits per heavy atom. The van der Waals surface area contributed by atoms with Crippen molar-refractivity contribution in [3.05, 3.63) is 47.0 Å². The van der Waals surface area contributed by atoms with Crippen LogP contribution < -0.4 is 10.6 Å². The van der Waals surface area contributed by atoms with Crippen molar-refractivity contribution in [2.45, 2.75) is 32.4 Å². The van der Waals surface area contributed by atoms with E-state index in [-0.39, 0.29) is 23.2 Å². The van der Waals surface area contributed by atoms with Crippen LogP contribution in [0.5, 0.6) is 0 Å². The predicted octanol–water partition coefficient (Wildman–Crippen LogP) is 2.49. The molecule has 1 saturated heterocycles. The quantitative estimate of drug-likeness (QED) is 0.595. The number of hydrogen-bond acceptors (Lipinski definition) is 6. The molecule has 3 N–H and O–H groups in total. The summed E-state index contributed by atoms with van der Waals surface area (Å²) in [5.41, 5.74) is 0.438. The van der Waals surface area contributed by atoms with E-state index in [1.807, 2.05) is 13.8 Å². The molecular weight excluding hydrogens is 396 g/mol. The number of benzene rings is 1. The van der Waals surface area contributed by atoms with Crippen molar-refractivity contribution in [1.29, 1.82) is 0 Å². The number of aromatic nitrogens is 1. The summed E-state index contributed by atoms with van der Waals surface area (Å²) in [5.74, 6) is -2.29. The van der Waals surface area contributed by atoms with Gasteiger partial charge in [-0.15, -0.1) is 11.3 Å². The summed E-state index contributed by atoms with van der Waals surface area (Å²) in [6, 6.07) is 6.24. The van der Waals surface area contributed by atoms with E-state index in [1.165, 1.54) is 5.38 Å². The summed E-state index contributed by atoms with van der Waals surface area (Å²) < 4.78 is 0. The van der Waals surface area contributed by atoms with Crippen molar-refractivity contribution >= 4 is 40.3 Å². The van der Waals surface area contributed by atoms with Gasteiger partial charge >= 0.3 is 12.0 Å². The molecule has 9 nitrogen and oxygen atoms in total. The maximum absolute atomic E-state index is 13.0. The standard InChI is InChI=1S/C19H20N4O5S/c1-10(2)8-13(15(24)22-18-20-12(9-29-18)17(26)27)23-16(25)14(21-19(23)28)11-6-4-3-5-7-11/h3-7,9-10,13-14H,8H2,1-2H3,(H,21,28)(H,26,27)(H,20,22,24)/t13-,14-/m0/s1. The molecule has 1 aromatic heterocycles. The first kappa shape index (κ1) is 20.5. The molecule has 4 amide bonds. The molecule has 2 atom stereocenters. The second-order valence-electron chi connectivity index (χ2n) is 6.98. The van der Waals surface area contributed by atoms with Gasteiger partial charge < -0.3 is 15.7 Å². The Morgan fingerprint density at radius 2 is 1.97 bits per heavy atom. The zero-order valence-electron chi connectivity index (χ0n) is 15.8. The van der Waals surface area contributed by atoms with E-state index in [2.05, 4.69) is 15.6 Å². The number of thiazole rings is 1. The van der Waals surface area contributed by atoms with Crippen LogP contribution in [-0.2, 0) is 9.59 Å². The van der Waals surface area contributed by atoms with Crippen molar-refractivity contribution in [1.82, 2.24) is 15.2 Å². The highest BCUT2D eigenvalue weighted by molar-refractivity contribution is 7.14. The maximum atomic E-state index is 13.0. The number of aromatic carboxylic acids is 1. The molecule has 3 rings (SSSR count). The van der Waals surface area contributed by atoms with Gasteiger partial charge in [-0.1, -0.05) is 44.2 Å². The van der Waals surface area contributed by atoms with Crippen LogP contribution in [-0.4, -0.2) is 44.8 Å². The monoisotopic (exact) mass is 416 g/mol. The van der Waals surface area contributed by atoms with Crippen molar-refractivity contribution < 1.29 is 24.3 Å². The summed E-state index contributed by atoms with van der Waals surface area (Å²) in [4.78, 5) is 54.1. The topological polar surface area (TPSA) is 129 Å². The van der Waals surface area contributed by atoms with Crippen molar-refractivity contribution in [2.75, 3.05) is 5.32 Å². The molecule has 10 heteroatoms. The average Bonchev–Trinajstić information content (AvgIpc) is 3.25. The molecule has 1 aliphatic heterocycles. The first-order valence-electron chi connectivity index (χ1n) is 8.96. The molecule has 0 bridgehead atoms. The fraction of sp³-hybridized carbons (Fsp3) is 0.316.